The highest BCUT2D eigenvalue weighted by Gasteiger charge is 2.35. The summed E-state index contributed by atoms with van der Waals surface area (Å²) in [6.07, 6.45) is 1.72. The molecule has 0 bridgehead atoms. The molecule has 32 heavy (non-hydrogen) atoms. The summed E-state index contributed by atoms with van der Waals surface area (Å²) in [7, 11) is 0. The van der Waals surface area contributed by atoms with Crippen molar-refractivity contribution in [2.75, 3.05) is 0 Å². The number of imide groups is 1. The first-order chi connectivity index (χ1) is 15.2. The quantitative estimate of drug-likeness (QED) is 0.265. The van der Waals surface area contributed by atoms with Crippen molar-refractivity contribution >= 4 is 46.3 Å². The largest absolute Gasteiger partial charge is 0.318 e. The molecule has 1 fully saturated rings. The van der Waals surface area contributed by atoms with Crippen molar-refractivity contribution in [1.29, 1.82) is 0 Å². The Bertz CT molecular complexity index is 1280. The minimum atomic E-state index is -0.440. The van der Waals surface area contributed by atoms with E-state index in [4.69, 9.17) is 11.6 Å². The van der Waals surface area contributed by atoms with Gasteiger partial charge in [-0.15, -0.1) is 0 Å². The first-order valence-corrected chi connectivity index (χ1v) is 10.9. The molecule has 7 nitrogen and oxygen atoms in total. The Labute approximate surface area is 193 Å². The van der Waals surface area contributed by atoms with Crippen LogP contribution < -0.4 is 0 Å². The van der Waals surface area contributed by atoms with Gasteiger partial charge >= 0.3 is 0 Å². The van der Waals surface area contributed by atoms with Crippen LogP contribution in [0.25, 0.3) is 11.8 Å². The lowest BCUT2D eigenvalue weighted by atomic mass is 10.2. The third-order valence-corrected chi connectivity index (χ3v) is 6.32. The highest BCUT2D eigenvalue weighted by atomic mass is 35.5. The van der Waals surface area contributed by atoms with Crippen molar-refractivity contribution in [2.45, 2.75) is 20.4 Å². The molecule has 1 saturated heterocycles. The summed E-state index contributed by atoms with van der Waals surface area (Å²) >= 11 is 6.91. The van der Waals surface area contributed by atoms with Crippen LogP contribution in [0.3, 0.4) is 0 Å². The summed E-state index contributed by atoms with van der Waals surface area (Å²) in [6.45, 7) is 3.97. The second-order valence-electron chi connectivity index (χ2n) is 7.33. The topological polar surface area (TPSA) is 85.5 Å². The number of thioether (sulfide) groups is 1. The second-order valence-corrected chi connectivity index (χ2v) is 8.76. The minimum Gasteiger partial charge on any atom is -0.318 e. The third kappa shape index (κ3) is 4.19. The van der Waals surface area contributed by atoms with Crippen LogP contribution in [0.5, 0.6) is 0 Å². The lowest BCUT2D eigenvalue weighted by molar-refractivity contribution is -0.384. The highest BCUT2D eigenvalue weighted by molar-refractivity contribution is 8.18. The Morgan fingerprint density at radius 3 is 2.47 bits per heavy atom. The summed E-state index contributed by atoms with van der Waals surface area (Å²) in [5, 5.41) is 11.1. The SMILES string of the molecule is Cc1cc(/C=C2\SC(=O)N(Cc3cccc(Cl)c3)C2=O)c(C)n1-c1ccc([N+](=O)[O-])cc1. The van der Waals surface area contributed by atoms with Crippen LogP contribution in [0.4, 0.5) is 10.5 Å². The molecule has 0 unspecified atom stereocenters. The fraction of sp³-hybridized carbons (Fsp3) is 0.130. The van der Waals surface area contributed by atoms with Crippen LogP contribution in [-0.4, -0.2) is 25.5 Å². The van der Waals surface area contributed by atoms with Gasteiger partial charge in [0.15, 0.2) is 0 Å². The molecule has 0 radical (unpaired) electrons. The fourth-order valence-electron chi connectivity index (χ4n) is 3.65. The zero-order valence-corrected chi connectivity index (χ0v) is 18.8. The molecule has 0 aliphatic carbocycles. The van der Waals surface area contributed by atoms with Crippen LogP contribution >= 0.6 is 23.4 Å². The van der Waals surface area contributed by atoms with E-state index >= 15 is 0 Å². The van der Waals surface area contributed by atoms with E-state index in [1.54, 1.807) is 36.4 Å². The smallest absolute Gasteiger partial charge is 0.293 e. The van der Waals surface area contributed by atoms with Crippen LogP contribution in [0.1, 0.15) is 22.5 Å². The number of carbonyl (C=O) groups is 2. The summed E-state index contributed by atoms with van der Waals surface area (Å²) < 4.78 is 1.95. The number of carbonyl (C=O) groups excluding carboxylic acids is 2. The van der Waals surface area contributed by atoms with Gasteiger partial charge < -0.3 is 4.57 Å². The van der Waals surface area contributed by atoms with E-state index in [0.717, 1.165) is 40.0 Å². The first kappa shape index (κ1) is 21.9. The zero-order chi connectivity index (χ0) is 23.0. The van der Waals surface area contributed by atoms with Gasteiger partial charge in [-0.25, -0.2) is 0 Å². The van der Waals surface area contributed by atoms with E-state index < -0.39 is 4.92 Å². The van der Waals surface area contributed by atoms with Crippen molar-refractivity contribution in [2.24, 2.45) is 0 Å². The van der Waals surface area contributed by atoms with Gasteiger partial charge in [0.1, 0.15) is 0 Å². The Morgan fingerprint density at radius 2 is 1.81 bits per heavy atom. The van der Waals surface area contributed by atoms with Gasteiger partial charge in [-0.3, -0.25) is 24.6 Å². The maximum absolute atomic E-state index is 12.9. The molecule has 4 rings (SSSR count). The number of aromatic nitrogens is 1. The Balaban J connectivity index is 1.61. The minimum absolute atomic E-state index is 0.0183. The average Bonchev–Trinajstić information content (AvgIpc) is 3.17. The van der Waals surface area contributed by atoms with Crippen molar-refractivity contribution in [3.63, 3.8) is 0 Å². The van der Waals surface area contributed by atoms with E-state index in [-0.39, 0.29) is 23.4 Å². The predicted octanol–water partition coefficient (Wildman–Crippen LogP) is 5.89. The van der Waals surface area contributed by atoms with E-state index in [2.05, 4.69) is 0 Å². The van der Waals surface area contributed by atoms with E-state index in [9.17, 15) is 19.7 Å². The van der Waals surface area contributed by atoms with Gasteiger partial charge in [-0.1, -0.05) is 23.7 Å². The maximum atomic E-state index is 12.9. The molecule has 0 spiro atoms. The molecule has 2 heterocycles. The van der Waals surface area contributed by atoms with E-state index in [0.29, 0.717) is 9.93 Å². The highest BCUT2D eigenvalue weighted by Crippen LogP contribution is 2.35. The number of nitro groups is 1. The summed E-state index contributed by atoms with van der Waals surface area (Å²) in [5.74, 6) is -0.347. The van der Waals surface area contributed by atoms with Crippen LogP contribution in [0, 0.1) is 24.0 Å². The molecule has 2 amide bonds. The number of benzene rings is 2. The monoisotopic (exact) mass is 467 g/mol. The molecule has 1 aliphatic heterocycles. The molecule has 0 saturated carbocycles. The number of amides is 2. The Hall–Kier alpha value is -3.36. The number of halogens is 1. The van der Waals surface area contributed by atoms with E-state index in [1.807, 2.05) is 30.5 Å². The molecular weight excluding hydrogens is 450 g/mol. The summed E-state index contributed by atoms with van der Waals surface area (Å²) in [5.41, 5.74) is 4.13. The fourth-order valence-corrected chi connectivity index (χ4v) is 4.69. The molecule has 0 N–H and O–H groups in total. The van der Waals surface area contributed by atoms with Gasteiger partial charge in [-0.2, -0.15) is 0 Å². The molecule has 0 atom stereocenters. The standard InChI is InChI=1S/C23H18ClN3O4S/c1-14-10-17(15(2)26(14)19-6-8-20(9-7-19)27(30)31)12-21-22(28)25(23(29)32-21)13-16-4-3-5-18(24)11-16/h3-12H,13H2,1-2H3/b21-12-. The summed E-state index contributed by atoms with van der Waals surface area (Å²) in [6, 6.07) is 15.2. The van der Waals surface area contributed by atoms with Gasteiger partial charge in [0, 0.05) is 34.2 Å². The zero-order valence-electron chi connectivity index (χ0n) is 17.2. The second kappa shape index (κ2) is 8.64. The molecule has 3 aromatic rings. The molecule has 1 aromatic heterocycles. The van der Waals surface area contributed by atoms with Gasteiger partial charge in [-0.05, 0) is 73.1 Å². The molecule has 2 aromatic carbocycles. The first-order valence-electron chi connectivity index (χ1n) is 9.68. The number of rotatable bonds is 5. The number of nitrogens with zero attached hydrogens (tertiary/aromatic N) is 3. The van der Waals surface area contributed by atoms with Gasteiger partial charge in [0.25, 0.3) is 16.8 Å². The van der Waals surface area contributed by atoms with Crippen molar-refractivity contribution in [1.82, 2.24) is 9.47 Å². The van der Waals surface area contributed by atoms with Crippen LogP contribution in [0.2, 0.25) is 5.02 Å². The van der Waals surface area contributed by atoms with E-state index in [1.165, 1.54) is 17.0 Å². The maximum Gasteiger partial charge on any atom is 0.293 e. The lowest BCUT2D eigenvalue weighted by Gasteiger charge is -2.12. The Morgan fingerprint density at radius 1 is 1.09 bits per heavy atom. The normalized spacial score (nSPS) is 15.1. The molecule has 1 aliphatic rings. The predicted molar refractivity (Wildman–Crippen MR) is 125 cm³/mol. The van der Waals surface area contributed by atoms with Crippen LogP contribution in [-0.2, 0) is 11.3 Å². The van der Waals surface area contributed by atoms with Gasteiger partial charge in [0.2, 0.25) is 0 Å². The van der Waals surface area contributed by atoms with Crippen molar-refractivity contribution < 1.29 is 14.5 Å². The van der Waals surface area contributed by atoms with Crippen molar-refractivity contribution in [3.05, 3.63) is 97.2 Å². The molecular formula is C23H18ClN3O4S. The van der Waals surface area contributed by atoms with Crippen molar-refractivity contribution in [3.8, 4) is 5.69 Å². The number of hydrogen-bond donors (Lipinski definition) is 0. The lowest BCUT2D eigenvalue weighted by Crippen LogP contribution is -2.27. The number of aryl methyl sites for hydroxylation is 1. The molecule has 9 heteroatoms. The number of non-ortho nitro benzene ring substituents is 1. The number of hydrogen-bond acceptors (Lipinski definition) is 5. The average molecular weight is 468 g/mol. The summed E-state index contributed by atoms with van der Waals surface area (Å²) in [4.78, 5) is 37.4. The molecule has 162 valence electrons. The Kier molecular flexibility index (Phi) is 5.90. The number of nitro benzene ring substituents is 1. The van der Waals surface area contributed by atoms with Crippen LogP contribution in [0.15, 0.2) is 59.5 Å². The third-order valence-electron chi connectivity index (χ3n) is 5.18. The van der Waals surface area contributed by atoms with Gasteiger partial charge in [0.05, 0.1) is 16.4 Å².